The van der Waals surface area contributed by atoms with Crippen LogP contribution in [-0.4, -0.2) is 47.6 Å². The lowest BCUT2D eigenvalue weighted by Gasteiger charge is -2.36. The molecule has 1 aliphatic heterocycles. The predicted octanol–water partition coefficient (Wildman–Crippen LogP) is 3.63. The zero-order chi connectivity index (χ0) is 17.1. The number of nitrogens with zero attached hydrogens (tertiary/aromatic N) is 3. The average molecular weight is 334 g/mol. The number of pyridine rings is 1. The van der Waals surface area contributed by atoms with Crippen molar-refractivity contribution in [2.45, 2.75) is 19.8 Å². The molecule has 3 aromatic rings. The van der Waals surface area contributed by atoms with Gasteiger partial charge < -0.3 is 9.88 Å². The summed E-state index contributed by atoms with van der Waals surface area (Å²) in [7, 11) is 0. The van der Waals surface area contributed by atoms with Crippen molar-refractivity contribution in [3.8, 4) is 0 Å². The van der Waals surface area contributed by atoms with Crippen molar-refractivity contribution in [1.82, 2.24) is 14.9 Å². The van der Waals surface area contributed by atoms with Gasteiger partial charge in [0.1, 0.15) is 5.65 Å². The maximum absolute atomic E-state index is 4.43. The molecule has 1 aromatic carbocycles. The van der Waals surface area contributed by atoms with Gasteiger partial charge in [0, 0.05) is 49.1 Å². The molecule has 0 saturated carbocycles. The monoisotopic (exact) mass is 334 g/mol. The number of fused-ring (bicyclic) bond motifs is 1. The van der Waals surface area contributed by atoms with Gasteiger partial charge >= 0.3 is 0 Å². The molecule has 0 unspecified atom stereocenters. The van der Waals surface area contributed by atoms with Crippen molar-refractivity contribution in [2.75, 3.05) is 37.6 Å². The molecule has 4 nitrogen and oxygen atoms in total. The summed E-state index contributed by atoms with van der Waals surface area (Å²) < 4.78 is 0. The molecule has 25 heavy (non-hydrogen) atoms. The van der Waals surface area contributed by atoms with E-state index in [1.807, 2.05) is 12.3 Å². The molecule has 1 aliphatic rings. The van der Waals surface area contributed by atoms with Crippen LogP contribution >= 0.6 is 0 Å². The molecule has 3 heterocycles. The first-order valence-corrected chi connectivity index (χ1v) is 9.26. The third-order valence-corrected chi connectivity index (χ3v) is 5.29. The standard InChI is InChI=1S/C21H26N4/c1-17-19(20-9-5-11-22-21(20)23-17)10-6-12-24-13-15-25(16-14-24)18-7-3-2-4-8-18/h2-5,7-9,11H,6,10,12-16H2,1H3,(H,22,23). The molecule has 0 aliphatic carbocycles. The van der Waals surface area contributed by atoms with Crippen LogP contribution in [0.4, 0.5) is 5.69 Å². The molecule has 0 atom stereocenters. The number of anilines is 1. The normalized spacial score (nSPS) is 15.8. The smallest absolute Gasteiger partial charge is 0.137 e. The van der Waals surface area contributed by atoms with Gasteiger partial charge in [0.15, 0.2) is 0 Å². The highest BCUT2D eigenvalue weighted by Crippen LogP contribution is 2.22. The predicted molar refractivity (Wildman–Crippen MR) is 104 cm³/mol. The van der Waals surface area contributed by atoms with Crippen LogP contribution in [0.1, 0.15) is 17.7 Å². The summed E-state index contributed by atoms with van der Waals surface area (Å²) >= 11 is 0. The molecule has 1 N–H and O–H groups in total. The van der Waals surface area contributed by atoms with E-state index in [0.29, 0.717) is 0 Å². The zero-order valence-corrected chi connectivity index (χ0v) is 14.9. The second-order valence-corrected chi connectivity index (χ2v) is 6.90. The van der Waals surface area contributed by atoms with Gasteiger partial charge in [-0.1, -0.05) is 18.2 Å². The van der Waals surface area contributed by atoms with Crippen molar-refractivity contribution in [3.63, 3.8) is 0 Å². The molecule has 0 spiro atoms. The van der Waals surface area contributed by atoms with Crippen LogP contribution in [0.25, 0.3) is 11.0 Å². The Labute approximate surface area is 149 Å². The van der Waals surface area contributed by atoms with E-state index < -0.39 is 0 Å². The molecule has 2 aromatic heterocycles. The van der Waals surface area contributed by atoms with Crippen LogP contribution < -0.4 is 4.90 Å². The van der Waals surface area contributed by atoms with Crippen molar-refractivity contribution in [3.05, 3.63) is 59.9 Å². The molecule has 0 bridgehead atoms. The van der Waals surface area contributed by atoms with E-state index in [4.69, 9.17) is 0 Å². The summed E-state index contributed by atoms with van der Waals surface area (Å²) in [6.45, 7) is 7.90. The summed E-state index contributed by atoms with van der Waals surface area (Å²) in [5.41, 5.74) is 5.07. The van der Waals surface area contributed by atoms with Crippen LogP contribution in [0.5, 0.6) is 0 Å². The van der Waals surface area contributed by atoms with Crippen LogP contribution in [0.2, 0.25) is 0 Å². The lowest BCUT2D eigenvalue weighted by Crippen LogP contribution is -2.46. The summed E-state index contributed by atoms with van der Waals surface area (Å²) in [5, 5.41) is 1.29. The van der Waals surface area contributed by atoms with E-state index in [1.165, 1.54) is 35.3 Å². The first-order valence-electron chi connectivity index (χ1n) is 9.26. The fourth-order valence-electron chi connectivity index (χ4n) is 3.87. The first kappa shape index (κ1) is 16.2. The lowest BCUT2D eigenvalue weighted by atomic mass is 10.1. The second-order valence-electron chi connectivity index (χ2n) is 6.90. The molecule has 0 radical (unpaired) electrons. The molecular formula is C21H26N4. The van der Waals surface area contributed by atoms with Gasteiger partial charge in [-0.3, -0.25) is 4.90 Å². The van der Waals surface area contributed by atoms with Gasteiger partial charge in [-0.25, -0.2) is 4.98 Å². The molecule has 130 valence electrons. The molecule has 0 amide bonds. The summed E-state index contributed by atoms with van der Waals surface area (Å²) in [4.78, 5) is 12.9. The van der Waals surface area contributed by atoms with Gasteiger partial charge in [-0.2, -0.15) is 0 Å². The van der Waals surface area contributed by atoms with E-state index in [0.717, 1.165) is 38.2 Å². The van der Waals surface area contributed by atoms with Gasteiger partial charge in [0.05, 0.1) is 0 Å². The fraction of sp³-hybridized carbons (Fsp3) is 0.381. The quantitative estimate of drug-likeness (QED) is 0.774. The number of piperazine rings is 1. The number of rotatable bonds is 5. The van der Waals surface area contributed by atoms with Crippen molar-refractivity contribution in [1.29, 1.82) is 0 Å². The highest BCUT2D eigenvalue weighted by Gasteiger charge is 2.17. The molecule has 1 saturated heterocycles. The second kappa shape index (κ2) is 7.28. The topological polar surface area (TPSA) is 35.2 Å². The number of H-pyrrole nitrogens is 1. The van der Waals surface area contributed by atoms with Gasteiger partial charge in [0.25, 0.3) is 0 Å². The van der Waals surface area contributed by atoms with Crippen molar-refractivity contribution >= 4 is 16.7 Å². The minimum Gasteiger partial charge on any atom is -0.369 e. The number of aromatic nitrogens is 2. The van der Waals surface area contributed by atoms with E-state index in [9.17, 15) is 0 Å². The Bertz CT molecular complexity index is 816. The van der Waals surface area contributed by atoms with E-state index in [-0.39, 0.29) is 0 Å². The molecular weight excluding hydrogens is 308 g/mol. The Hall–Kier alpha value is -2.33. The van der Waals surface area contributed by atoms with Gasteiger partial charge in [-0.05, 0) is 56.1 Å². The van der Waals surface area contributed by atoms with Crippen LogP contribution in [0, 0.1) is 6.92 Å². The lowest BCUT2D eigenvalue weighted by molar-refractivity contribution is 0.255. The number of hydrogen-bond acceptors (Lipinski definition) is 3. The minimum atomic E-state index is 1.02. The Morgan fingerprint density at radius 3 is 2.60 bits per heavy atom. The number of benzene rings is 1. The molecule has 1 fully saturated rings. The third-order valence-electron chi connectivity index (χ3n) is 5.29. The maximum Gasteiger partial charge on any atom is 0.137 e. The summed E-state index contributed by atoms with van der Waals surface area (Å²) in [6, 6.07) is 15.0. The van der Waals surface area contributed by atoms with Crippen LogP contribution in [0.15, 0.2) is 48.7 Å². The minimum absolute atomic E-state index is 1.02. The van der Waals surface area contributed by atoms with Gasteiger partial charge in [0.2, 0.25) is 0 Å². The summed E-state index contributed by atoms with van der Waals surface area (Å²) in [5.74, 6) is 0. The zero-order valence-electron chi connectivity index (χ0n) is 14.9. The fourth-order valence-corrected chi connectivity index (χ4v) is 3.87. The number of nitrogens with one attached hydrogen (secondary N) is 1. The average Bonchev–Trinajstić information content (AvgIpc) is 2.99. The van der Waals surface area contributed by atoms with Gasteiger partial charge in [-0.15, -0.1) is 0 Å². The third kappa shape index (κ3) is 3.54. The highest BCUT2D eigenvalue weighted by molar-refractivity contribution is 5.81. The van der Waals surface area contributed by atoms with Crippen molar-refractivity contribution < 1.29 is 0 Å². The Morgan fingerprint density at radius 2 is 1.80 bits per heavy atom. The van der Waals surface area contributed by atoms with Crippen LogP contribution in [-0.2, 0) is 6.42 Å². The number of hydrogen-bond donors (Lipinski definition) is 1. The number of aryl methyl sites for hydroxylation is 2. The van der Waals surface area contributed by atoms with E-state index in [2.05, 4.69) is 63.1 Å². The first-order chi connectivity index (χ1) is 12.3. The Kier molecular flexibility index (Phi) is 4.70. The summed E-state index contributed by atoms with van der Waals surface area (Å²) in [6.07, 6.45) is 4.18. The molecule has 4 heteroatoms. The maximum atomic E-state index is 4.43. The van der Waals surface area contributed by atoms with Crippen LogP contribution in [0.3, 0.4) is 0 Å². The Balaban J connectivity index is 1.29. The van der Waals surface area contributed by atoms with E-state index >= 15 is 0 Å². The highest BCUT2D eigenvalue weighted by atomic mass is 15.3. The SMILES string of the molecule is Cc1[nH]c2ncccc2c1CCCN1CCN(c2ccccc2)CC1. The van der Waals surface area contributed by atoms with E-state index in [1.54, 1.807) is 0 Å². The largest absolute Gasteiger partial charge is 0.369 e. The number of aromatic amines is 1. The number of para-hydroxylation sites is 1. The van der Waals surface area contributed by atoms with Crippen molar-refractivity contribution in [2.24, 2.45) is 0 Å². The molecule has 4 rings (SSSR count). The Morgan fingerprint density at radius 1 is 1.00 bits per heavy atom.